The third-order valence-corrected chi connectivity index (χ3v) is 5.35. The van der Waals surface area contributed by atoms with Gasteiger partial charge in [0, 0.05) is 11.6 Å². The van der Waals surface area contributed by atoms with Crippen LogP contribution >= 0.6 is 11.3 Å². The number of halogens is 3. The highest BCUT2D eigenvalue weighted by Crippen LogP contribution is 2.35. The van der Waals surface area contributed by atoms with Crippen LogP contribution in [0.1, 0.15) is 16.7 Å². The quantitative estimate of drug-likeness (QED) is 0.509. The van der Waals surface area contributed by atoms with Gasteiger partial charge >= 0.3 is 6.18 Å². The van der Waals surface area contributed by atoms with Gasteiger partial charge in [-0.1, -0.05) is 18.2 Å². The van der Waals surface area contributed by atoms with Crippen LogP contribution in [0.5, 0.6) is 0 Å². The first-order valence-electron chi connectivity index (χ1n) is 8.52. The topological polar surface area (TPSA) is 83.6 Å². The highest BCUT2D eigenvalue weighted by atomic mass is 32.1. The highest BCUT2D eigenvalue weighted by Gasteiger charge is 2.31. The molecule has 3 heterocycles. The minimum atomic E-state index is -4.47. The zero-order valence-corrected chi connectivity index (χ0v) is 15.9. The molecule has 0 aliphatic rings. The van der Waals surface area contributed by atoms with Crippen molar-refractivity contribution < 1.29 is 18.0 Å². The summed E-state index contributed by atoms with van der Waals surface area (Å²) >= 11 is 1.36. The van der Waals surface area contributed by atoms with Crippen molar-refractivity contribution in [3.8, 4) is 11.4 Å². The number of nitrogens with one attached hydrogen (secondary N) is 2. The number of alkyl halides is 3. The van der Waals surface area contributed by atoms with Crippen LogP contribution in [0.4, 0.5) is 18.2 Å². The first-order chi connectivity index (χ1) is 13.8. The lowest BCUT2D eigenvalue weighted by atomic mass is 10.0. The maximum atomic E-state index is 12.9. The molecule has 0 bridgehead atoms. The lowest BCUT2D eigenvalue weighted by molar-refractivity contribution is -0.137. The molecule has 0 unspecified atom stereocenters. The molecule has 4 aromatic rings. The Bertz CT molecular complexity index is 1180. The minimum absolute atomic E-state index is 0.0277. The molecule has 148 valence electrons. The largest absolute Gasteiger partial charge is 0.417 e. The number of aromatic nitrogens is 4. The molecular weight excluding hydrogens is 403 g/mol. The van der Waals surface area contributed by atoms with E-state index < -0.39 is 11.7 Å². The first-order valence-corrected chi connectivity index (χ1v) is 9.40. The van der Waals surface area contributed by atoms with Crippen LogP contribution in [-0.4, -0.2) is 26.1 Å². The predicted molar refractivity (Wildman–Crippen MR) is 104 cm³/mol. The molecule has 6 nitrogen and oxygen atoms in total. The Morgan fingerprint density at radius 3 is 2.83 bits per heavy atom. The first kappa shape index (κ1) is 19.1. The number of fused-ring (bicyclic) bond motifs is 1. The Morgan fingerprint density at radius 1 is 1.28 bits per heavy atom. The number of rotatable bonds is 4. The molecule has 0 spiro atoms. The van der Waals surface area contributed by atoms with Crippen molar-refractivity contribution in [1.29, 1.82) is 0 Å². The van der Waals surface area contributed by atoms with Crippen LogP contribution in [-0.2, 0) is 17.4 Å². The van der Waals surface area contributed by atoms with Crippen molar-refractivity contribution in [1.82, 2.24) is 20.2 Å². The lowest BCUT2D eigenvalue weighted by Crippen LogP contribution is -2.15. The van der Waals surface area contributed by atoms with E-state index in [9.17, 15) is 18.0 Å². The number of nitrogens with zero attached hydrogens (tertiary/aromatic N) is 3. The summed E-state index contributed by atoms with van der Waals surface area (Å²) in [5.74, 6) is 0.170. The minimum Gasteiger partial charge on any atom is -0.317 e. The van der Waals surface area contributed by atoms with Crippen LogP contribution in [0.15, 0.2) is 42.2 Å². The van der Waals surface area contributed by atoms with E-state index in [1.165, 1.54) is 17.7 Å². The number of para-hydroxylation sites is 1. The number of carbonyl (C=O) groups is 1. The summed E-state index contributed by atoms with van der Waals surface area (Å²) in [6, 6.07) is 5.87. The number of anilines is 1. The average Bonchev–Trinajstić information content (AvgIpc) is 3.30. The summed E-state index contributed by atoms with van der Waals surface area (Å²) in [6.45, 7) is 1.89. The Kier molecular flexibility index (Phi) is 4.79. The van der Waals surface area contributed by atoms with Gasteiger partial charge in [-0.3, -0.25) is 14.9 Å². The fraction of sp³-hybridized carbons (Fsp3) is 0.158. The number of hydrogen-bond donors (Lipinski definition) is 2. The van der Waals surface area contributed by atoms with Crippen LogP contribution in [0.2, 0.25) is 0 Å². The lowest BCUT2D eigenvalue weighted by Gasteiger charge is -2.10. The van der Waals surface area contributed by atoms with Crippen molar-refractivity contribution in [3.63, 3.8) is 0 Å². The second-order valence-corrected chi connectivity index (χ2v) is 7.26. The molecule has 1 aromatic carbocycles. The van der Waals surface area contributed by atoms with Gasteiger partial charge in [-0.25, -0.2) is 4.98 Å². The number of hydrogen-bond acceptors (Lipinski definition) is 5. The summed E-state index contributed by atoms with van der Waals surface area (Å²) in [7, 11) is 0. The maximum absolute atomic E-state index is 12.9. The van der Waals surface area contributed by atoms with Crippen molar-refractivity contribution in [3.05, 3.63) is 58.9 Å². The van der Waals surface area contributed by atoms with E-state index in [2.05, 4.69) is 25.5 Å². The normalized spacial score (nSPS) is 11.7. The van der Waals surface area contributed by atoms with Crippen molar-refractivity contribution in [2.45, 2.75) is 19.5 Å². The molecular formula is C19H14F3N5OS. The number of pyridine rings is 1. The molecule has 0 fully saturated rings. The number of aryl methyl sites for hydroxylation is 1. The molecule has 0 saturated carbocycles. The smallest absolute Gasteiger partial charge is 0.317 e. The van der Waals surface area contributed by atoms with Gasteiger partial charge in [-0.2, -0.15) is 18.3 Å². The van der Waals surface area contributed by atoms with E-state index in [1.807, 2.05) is 12.3 Å². The number of carbonyl (C=O) groups excluding carboxylic acids is 1. The summed E-state index contributed by atoms with van der Waals surface area (Å²) in [4.78, 5) is 20.7. The molecule has 0 saturated heterocycles. The summed E-state index contributed by atoms with van der Waals surface area (Å²) in [6.07, 6.45) is -2.26. The van der Waals surface area contributed by atoms with Crippen molar-refractivity contribution in [2.24, 2.45) is 0 Å². The van der Waals surface area contributed by atoms with Gasteiger partial charge in [-0.05, 0) is 29.5 Å². The summed E-state index contributed by atoms with van der Waals surface area (Å²) in [5.41, 5.74) is 1.75. The van der Waals surface area contributed by atoms with Crippen LogP contribution < -0.4 is 5.32 Å². The zero-order chi connectivity index (χ0) is 20.6. The standard InChI is InChI=1S/C19H14F3N5OS/c1-10-8-29-18(15(10)17-24-9-25-27-17)26-14(28)6-12-4-2-3-11-5-13(19(20,21)22)7-23-16(11)12/h2-5,7-9H,6H2,1H3,(H,26,28)(H,24,25,27). The van der Waals surface area contributed by atoms with Gasteiger partial charge in [0.15, 0.2) is 5.82 Å². The fourth-order valence-electron chi connectivity index (χ4n) is 3.01. The number of aromatic amines is 1. The van der Waals surface area contributed by atoms with Gasteiger partial charge in [0.1, 0.15) is 11.3 Å². The second-order valence-electron chi connectivity index (χ2n) is 6.38. The Morgan fingerprint density at radius 2 is 2.10 bits per heavy atom. The number of benzene rings is 1. The van der Waals surface area contributed by atoms with Gasteiger partial charge in [0.25, 0.3) is 0 Å². The third-order valence-electron chi connectivity index (χ3n) is 4.34. The van der Waals surface area contributed by atoms with Gasteiger partial charge in [-0.15, -0.1) is 11.3 Å². The molecule has 0 radical (unpaired) electrons. The van der Waals surface area contributed by atoms with E-state index in [0.29, 0.717) is 27.3 Å². The average molecular weight is 417 g/mol. The molecule has 1 amide bonds. The monoisotopic (exact) mass is 417 g/mol. The molecule has 3 aromatic heterocycles. The predicted octanol–water partition coefficient (Wildman–Crippen LogP) is 4.59. The third kappa shape index (κ3) is 3.83. The summed E-state index contributed by atoms with van der Waals surface area (Å²) < 4.78 is 38.7. The fourth-order valence-corrected chi connectivity index (χ4v) is 3.96. The van der Waals surface area contributed by atoms with Gasteiger partial charge in [0.2, 0.25) is 5.91 Å². The second kappa shape index (κ2) is 7.28. The number of amides is 1. The highest BCUT2D eigenvalue weighted by molar-refractivity contribution is 7.15. The van der Waals surface area contributed by atoms with Gasteiger partial charge in [0.05, 0.1) is 23.1 Å². The Balaban J connectivity index is 1.59. The summed E-state index contributed by atoms with van der Waals surface area (Å²) in [5, 5.41) is 12.4. The maximum Gasteiger partial charge on any atom is 0.417 e. The molecule has 4 rings (SSSR count). The molecule has 0 aliphatic heterocycles. The van der Waals surface area contributed by atoms with E-state index in [1.54, 1.807) is 18.2 Å². The Hall–Kier alpha value is -3.27. The van der Waals surface area contributed by atoms with Crippen LogP contribution in [0, 0.1) is 6.92 Å². The molecule has 29 heavy (non-hydrogen) atoms. The van der Waals surface area contributed by atoms with E-state index >= 15 is 0 Å². The van der Waals surface area contributed by atoms with Crippen molar-refractivity contribution in [2.75, 3.05) is 5.32 Å². The molecule has 0 aliphatic carbocycles. The number of H-pyrrole nitrogens is 1. The number of thiophene rings is 1. The van der Waals surface area contributed by atoms with Gasteiger partial charge < -0.3 is 5.32 Å². The van der Waals surface area contributed by atoms with E-state index in [-0.39, 0.29) is 12.3 Å². The SMILES string of the molecule is Cc1csc(NC(=O)Cc2cccc3cc(C(F)(F)F)cnc23)c1-c1nc[nH]n1. The Labute approximate surface area is 166 Å². The van der Waals surface area contributed by atoms with Crippen LogP contribution in [0.25, 0.3) is 22.3 Å². The van der Waals surface area contributed by atoms with E-state index in [4.69, 9.17) is 0 Å². The van der Waals surface area contributed by atoms with Crippen molar-refractivity contribution >= 4 is 33.1 Å². The molecule has 10 heteroatoms. The zero-order valence-electron chi connectivity index (χ0n) is 15.0. The molecule has 2 N–H and O–H groups in total. The van der Waals surface area contributed by atoms with E-state index in [0.717, 1.165) is 23.4 Å². The molecule has 0 atom stereocenters. The van der Waals surface area contributed by atoms with Crippen LogP contribution in [0.3, 0.4) is 0 Å².